The SMILES string of the molecule is C(COCC1CNCCO1)CC1CCCO1. The van der Waals surface area contributed by atoms with Crippen LogP contribution in [0.2, 0.25) is 0 Å². The smallest absolute Gasteiger partial charge is 0.0933 e. The summed E-state index contributed by atoms with van der Waals surface area (Å²) in [7, 11) is 0. The topological polar surface area (TPSA) is 39.7 Å². The Bertz CT molecular complexity index is 177. The van der Waals surface area contributed by atoms with E-state index in [4.69, 9.17) is 14.2 Å². The number of hydrogen-bond donors (Lipinski definition) is 1. The summed E-state index contributed by atoms with van der Waals surface area (Å²) in [5.41, 5.74) is 0. The highest BCUT2D eigenvalue weighted by Gasteiger charge is 2.15. The van der Waals surface area contributed by atoms with E-state index in [1.165, 1.54) is 12.8 Å². The molecule has 2 aliphatic heterocycles. The molecule has 0 radical (unpaired) electrons. The van der Waals surface area contributed by atoms with E-state index < -0.39 is 0 Å². The van der Waals surface area contributed by atoms with Gasteiger partial charge in [-0.25, -0.2) is 0 Å². The molecular formula is C12H23NO3. The highest BCUT2D eigenvalue weighted by atomic mass is 16.5. The van der Waals surface area contributed by atoms with Crippen molar-refractivity contribution in [3.8, 4) is 0 Å². The van der Waals surface area contributed by atoms with Gasteiger partial charge in [0.25, 0.3) is 0 Å². The lowest BCUT2D eigenvalue weighted by atomic mass is 10.1. The van der Waals surface area contributed by atoms with Gasteiger partial charge in [0.15, 0.2) is 0 Å². The molecular weight excluding hydrogens is 206 g/mol. The molecule has 0 aromatic heterocycles. The maximum absolute atomic E-state index is 5.61. The van der Waals surface area contributed by atoms with E-state index in [1.54, 1.807) is 0 Å². The van der Waals surface area contributed by atoms with Crippen LogP contribution in [0.15, 0.2) is 0 Å². The van der Waals surface area contributed by atoms with Gasteiger partial charge in [-0.2, -0.15) is 0 Å². The molecule has 4 heteroatoms. The Morgan fingerprint density at radius 2 is 2.12 bits per heavy atom. The number of nitrogens with one attached hydrogen (secondary N) is 1. The van der Waals surface area contributed by atoms with Crippen molar-refractivity contribution in [3.05, 3.63) is 0 Å². The molecule has 16 heavy (non-hydrogen) atoms. The van der Waals surface area contributed by atoms with Crippen molar-refractivity contribution in [1.82, 2.24) is 5.32 Å². The van der Waals surface area contributed by atoms with Crippen molar-refractivity contribution >= 4 is 0 Å². The highest BCUT2D eigenvalue weighted by molar-refractivity contribution is 4.67. The van der Waals surface area contributed by atoms with Crippen LogP contribution in [0, 0.1) is 0 Å². The molecule has 2 aliphatic rings. The first-order valence-electron chi connectivity index (χ1n) is 6.47. The van der Waals surface area contributed by atoms with Crippen LogP contribution in [0.25, 0.3) is 0 Å². The first-order valence-corrected chi connectivity index (χ1v) is 6.47. The number of morpholine rings is 1. The number of rotatable bonds is 6. The summed E-state index contributed by atoms with van der Waals surface area (Å²) >= 11 is 0. The molecule has 2 heterocycles. The normalized spacial score (nSPS) is 30.8. The lowest BCUT2D eigenvalue weighted by Gasteiger charge is -2.23. The fraction of sp³-hybridized carbons (Fsp3) is 1.00. The maximum atomic E-state index is 5.61. The summed E-state index contributed by atoms with van der Waals surface area (Å²) in [6, 6.07) is 0. The highest BCUT2D eigenvalue weighted by Crippen LogP contribution is 2.16. The average molecular weight is 229 g/mol. The number of ether oxygens (including phenoxy) is 3. The van der Waals surface area contributed by atoms with Crippen LogP contribution in [-0.4, -0.2) is 51.7 Å². The van der Waals surface area contributed by atoms with Crippen molar-refractivity contribution in [3.63, 3.8) is 0 Å². The zero-order chi connectivity index (χ0) is 11.1. The van der Waals surface area contributed by atoms with Gasteiger partial charge in [-0.1, -0.05) is 0 Å². The largest absolute Gasteiger partial charge is 0.379 e. The summed E-state index contributed by atoms with van der Waals surface area (Å²) in [4.78, 5) is 0. The van der Waals surface area contributed by atoms with Crippen molar-refractivity contribution in [1.29, 1.82) is 0 Å². The first kappa shape index (κ1) is 12.3. The zero-order valence-electron chi connectivity index (χ0n) is 9.95. The summed E-state index contributed by atoms with van der Waals surface area (Å²) in [6.45, 7) is 5.20. The van der Waals surface area contributed by atoms with Crippen LogP contribution in [0.4, 0.5) is 0 Å². The molecule has 1 N–H and O–H groups in total. The van der Waals surface area contributed by atoms with Gasteiger partial charge in [0.05, 0.1) is 25.4 Å². The third-order valence-corrected chi connectivity index (χ3v) is 3.15. The number of hydrogen-bond acceptors (Lipinski definition) is 4. The fourth-order valence-electron chi connectivity index (χ4n) is 2.23. The molecule has 2 atom stereocenters. The molecule has 0 aromatic carbocycles. The summed E-state index contributed by atoms with van der Waals surface area (Å²) in [6.07, 6.45) is 5.45. The van der Waals surface area contributed by atoms with E-state index >= 15 is 0 Å². The van der Waals surface area contributed by atoms with Crippen molar-refractivity contribution in [2.75, 3.05) is 39.5 Å². The van der Waals surface area contributed by atoms with E-state index in [0.29, 0.717) is 6.10 Å². The molecule has 0 aliphatic carbocycles. The molecule has 0 bridgehead atoms. The predicted octanol–water partition coefficient (Wildman–Crippen LogP) is 0.951. The van der Waals surface area contributed by atoms with Gasteiger partial charge >= 0.3 is 0 Å². The standard InChI is InChI=1S/C12H23NO3/c1(3-11-4-2-7-15-11)6-14-10-12-9-13-5-8-16-12/h11-13H,1-10H2. The maximum Gasteiger partial charge on any atom is 0.0933 e. The van der Waals surface area contributed by atoms with Crippen LogP contribution in [-0.2, 0) is 14.2 Å². The molecule has 0 amide bonds. The fourth-order valence-corrected chi connectivity index (χ4v) is 2.23. The first-order chi connectivity index (χ1) is 7.95. The Morgan fingerprint density at radius 1 is 1.19 bits per heavy atom. The Kier molecular flexibility index (Phi) is 5.55. The second kappa shape index (κ2) is 7.22. The van der Waals surface area contributed by atoms with Gasteiger partial charge in [0.1, 0.15) is 0 Å². The van der Waals surface area contributed by atoms with Crippen LogP contribution in [0.1, 0.15) is 25.7 Å². The molecule has 2 unspecified atom stereocenters. The molecule has 0 saturated carbocycles. The average Bonchev–Trinajstić information content (AvgIpc) is 2.83. The monoisotopic (exact) mass is 229 g/mol. The molecule has 2 fully saturated rings. The van der Waals surface area contributed by atoms with Gasteiger partial charge < -0.3 is 19.5 Å². The second-order valence-corrected chi connectivity index (χ2v) is 4.55. The minimum Gasteiger partial charge on any atom is -0.379 e. The van der Waals surface area contributed by atoms with Crippen LogP contribution < -0.4 is 5.32 Å². The second-order valence-electron chi connectivity index (χ2n) is 4.55. The van der Waals surface area contributed by atoms with Gasteiger partial charge in [0, 0.05) is 26.3 Å². The molecule has 4 nitrogen and oxygen atoms in total. The van der Waals surface area contributed by atoms with E-state index in [0.717, 1.165) is 52.4 Å². The molecule has 0 aromatic rings. The van der Waals surface area contributed by atoms with Gasteiger partial charge in [0.2, 0.25) is 0 Å². The quantitative estimate of drug-likeness (QED) is 0.688. The Hall–Kier alpha value is -0.160. The Labute approximate surface area is 97.6 Å². The van der Waals surface area contributed by atoms with Crippen LogP contribution in [0.5, 0.6) is 0 Å². The van der Waals surface area contributed by atoms with Crippen molar-refractivity contribution < 1.29 is 14.2 Å². The third-order valence-electron chi connectivity index (χ3n) is 3.15. The van der Waals surface area contributed by atoms with Gasteiger partial charge in [-0.3, -0.25) is 0 Å². The zero-order valence-corrected chi connectivity index (χ0v) is 9.95. The summed E-state index contributed by atoms with van der Waals surface area (Å²) in [5, 5.41) is 3.30. The molecule has 2 saturated heterocycles. The van der Waals surface area contributed by atoms with E-state index in [2.05, 4.69) is 5.32 Å². The minimum absolute atomic E-state index is 0.247. The lowest BCUT2D eigenvalue weighted by Crippen LogP contribution is -2.41. The summed E-state index contributed by atoms with van der Waals surface area (Å²) in [5.74, 6) is 0. The Morgan fingerprint density at radius 3 is 2.88 bits per heavy atom. The minimum atomic E-state index is 0.247. The van der Waals surface area contributed by atoms with E-state index in [9.17, 15) is 0 Å². The van der Waals surface area contributed by atoms with Crippen molar-refractivity contribution in [2.45, 2.75) is 37.9 Å². The molecule has 94 valence electrons. The third kappa shape index (κ3) is 4.37. The molecule has 0 spiro atoms. The van der Waals surface area contributed by atoms with Gasteiger partial charge in [-0.05, 0) is 25.7 Å². The van der Waals surface area contributed by atoms with Crippen molar-refractivity contribution in [2.24, 2.45) is 0 Å². The van der Waals surface area contributed by atoms with Gasteiger partial charge in [-0.15, -0.1) is 0 Å². The van der Waals surface area contributed by atoms with E-state index in [1.807, 2.05) is 0 Å². The van der Waals surface area contributed by atoms with E-state index in [-0.39, 0.29) is 6.10 Å². The summed E-state index contributed by atoms with van der Waals surface area (Å²) < 4.78 is 16.7. The molecule has 2 rings (SSSR count). The Balaban J connectivity index is 1.42. The predicted molar refractivity (Wildman–Crippen MR) is 61.6 cm³/mol. The van der Waals surface area contributed by atoms with Crippen LogP contribution in [0.3, 0.4) is 0 Å². The lowest BCUT2D eigenvalue weighted by molar-refractivity contribution is -0.0332. The van der Waals surface area contributed by atoms with Crippen LogP contribution >= 0.6 is 0 Å².